The van der Waals surface area contributed by atoms with Crippen molar-refractivity contribution in [3.05, 3.63) is 66.2 Å². The van der Waals surface area contributed by atoms with Crippen LogP contribution in [0.15, 0.2) is 65.6 Å². The summed E-state index contributed by atoms with van der Waals surface area (Å²) in [7, 11) is 0. The van der Waals surface area contributed by atoms with E-state index in [0.717, 1.165) is 36.3 Å². The van der Waals surface area contributed by atoms with Crippen LogP contribution in [0.2, 0.25) is 0 Å². The zero-order valence-electron chi connectivity index (χ0n) is 14.2. The van der Waals surface area contributed by atoms with Gasteiger partial charge < -0.3 is 4.90 Å². The first kappa shape index (κ1) is 17.1. The maximum atomic E-state index is 13.4. The van der Waals surface area contributed by atoms with E-state index in [-0.39, 0.29) is 11.2 Å². The second-order valence-electron chi connectivity index (χ2n) is 6.31. The van der Waals surface area contributed by atoms with E-state index < -0.39 is 0 Å². The molecule has 2 nitrogen and oxygen atoms in total. The molecule has 0 unspecified atom stereocenters. The summed E-state index contributed by atoms with van der Waals surface area (Å²) in [5.74, 6) is 0.265. The highest BCUT2D eigenvalue weighted by Crippen LogP contribution is 2.38. The van der Waals surface area contributed by atoms with Gasteiger partial charge in [0, 0.05) is 17.5 Å². The van der Waals surface area contributed by atoms with Crippen molar-refractivity contribution in [2.24, 2.45) is 0 Å². The number of thioether (sulfide) groups is 1. The Kier molecular flexibility index (Phi) is 5.97. The minimum absolute atomic E-state index is 0.166. The number of hydrogen-bond acceptors (Lipinski definition) is 2. The van der Waals surface area contributed by atoms with Gasteiger partial charge in [0.15, 0.2) is 0 Å². The predicted molar refractivity (Wildman–Crippen MR) is 101 cm³/mol. The molecule has 0 N–H and O–H groups in total. The Balaban J connectivity index is 1.87. The van der Waals surface area contributed by atoms with Crippen LogP contribution >= 0.6 is 11.8 Å². The minimum atomic E-state index is -0.166. The highest BCUT2D eigenvalue weighted by molar-refractivity contribution is 8.00. The Morgan fingerprint density at radius 1 is 1.08 bits per heavy atom. The second kappa shape index (κ2) is 8.39. The van der Waals surface area contributed by atoms with E-state index in [1.165, 1.54) is 6.42 Å². The van der Waals surface area contributed by atoms with Crippen molar-refractivity contribution in [1.29, 1.82) is 0 Å². The predicted octanol–water partition coefficient (Wildman–Crippen LogP) is 5.31. The number of benzene rings is 2. The Labute approximate surface area is 149 Å². The van der Waals surface area contributed by atoms with Crippen LogP contribution < -0.4 is 0 Å². The first-order valence-corrected chi connectivity index (χ1v) is 9.74. The average Bonchev–Trinajstić information content (AvgIpc) is 2.67. The Bertz CT molecular complexity index is 643. The summed E-state index contributed by atoms with van der Waals surface area (Å²) >= 11 is 1.66. The summed E-state index contributed by atoms with van der Waals surface area (Å²) in [5, 5.41) is -0.166. The standard InChI is InChI=1S/C21H25NOS/c1-2-18-13-9-10-16-22(18)21(23)20(17-11-5-3-6-12-17)24-19-14-7-4-8-15-19/h3-8,11-12,14-15,18,20H,2,9-10,13,16H2,1H3/t18-,20+/m1/s1. The molecule has 0 aromatic heterocycles. The van der Waals surface area contributed by atoms with E-state index in [9.17, 15) is 4.79 Å². The molecule has 3 rings (SSSR count). The molecule has 1 heterocycles. The molecule has 1 fully saturated rings. The van der Waals surface area contributed by atoms with Gasteiger partial charge in [-0.3, -0.25) is 4.79 Å². The van der Waals surface area contributed by atoms with E-state index in [1.54, 1.807) is 11.8 Å². The van der Waals surface area contributed by atoms with Crippen molar-refractivity contribution in [3.8, 4) is 0 Å². The lowest BCUT2D eigenvalue weighted by molar-refractivity contribution is -0.134. The third-order valence-electron chi connectivity index (χ3n) is 4.71. The average molecular weight is 340 g/mol. The first-order chi connectivity index (χ1) is 11.8. The molecule has 126 valence electrons. The molecule has 0 aliphatic carbocycles. The molecule has 2 aromatic rings. The van der Waals surface area contributed by atoms with Crippen LogP contribution in [0, 0.1) is 0 Å². The summed E-state index contributed by atoms with van der Waals surface area (Å²) in [5.41, 5.74) is 1.09. The molecule has 3 heteroatoms. The largest absolute Gasteiger partial charge is 0.338 e. The van der Waals surface area contributed by atoms with Crippen molar-refractivity contribution in [3.63, 3.8) is 0 Å². The normalized spacial score (nSPS) is 19.0. The fourth-order valence-corrected chi connectivity index (χ4v) is 4.51. The quantitative estimate of drug-likeness (QED) is 0.688. The van der Waals surface area contributed by atoms with Gasteiger partial charge in [0.05, 0.1) is 0 Å². The van der Waals surface area contributed by atoms with Crippen LogP contribution in [-0.4, -0.2) is 23.4 Å². The van der Waals surface area contributed by atoms with E-state index >= 15 is 0 Å². The van der Waals surface area contributed by atoms with Crippen molar-refractivity contribution in [2.75, 3.05) is 6.54 Å². The van der Waals surface area contributed by atoms with Gasteiger partial charge in [0.25, 0.3) is 0 Å². The van der Waals surface area contributed by atoms with Gasteiger partial charge >= 0.3 is 0 Å². The zero-order chi connectivity index (χ0) is 16.8. The monoisotopic (exact) mass is 339 g/mol. The van der Waals surface area contributed by atoms with Gasteiger partial charge in [-0.15, -0.1) is 11.8 Å². The molecule has 24 heavy (non-hydrogen) atoms. The van der Waals surface area contributed by atoms with Crippen LogP contribution in [0.25, 0.3) is 0 Å². The summed E-state index contributed by atoms with van der Waals surface area (Å²) in [6.07, 6.45) is 4.55. The van der Waals surface area contributed by atoms with Crippen LogP contribution in [0.4, 0.5) is 0 Å². The number of rotatable bonds is 5. The second-order valence-corrected chi connectivity index (χ2v) is 7.49. The SMILES string of the molecule is CC[C@@H]1CCCCN1C(=O)[C@@H](Sc1ccccc1)c1ccccc1. The van der Waals surface area contributed by atoms with Gasteiger partial charge in [-0.25, -0.2) is 0 Å². The van der Waals surface area contributed by atoms with Crippen molar-refractivity contribution < 1.29 is 4.79 Å². The first-order valence-electron chi connectivity index (χ1n) is 8.86. The van der Waals surface area contributed by atoms with Crippen molar-refractivity contribution >= 4 is 17.7 Å². The van der Waals surface area contributed by atoms with Crippen LogP contribution in [0.1, 0.15) is 43.4 Å². The molecule has 2 aromatic carbocycles. The number of likely N-dealkylation sites (tertiary alicyclic amines) is 1. The summed E-state index contributed by atoms with van der Waals surface area (Å²) in [4.78, 5) is 16.7. The molecule has 1 aliphatic rings. The van der Waals surface area contributed by atoms with E-state index in [0.29, 0.717) is 6.04 Å². The number of nitrogens with zero attached hydrogens (tertiary/aromatic N) is 1. The van der Waals surface area contributed by atoms with Crippen LogP contribution in [0.5, 0.6) is 0 Å². The fourth-order valence-electron chi connectivity index (χ4n) is 3.39. The smallest absolute Gasteiger partial charge is 0.240 e. The third-order valence-corrected chi connectivity index (χ3v) is 5.96. The third kappa shape index (κ3) is 4.02. The zero-order valence-corrected chi connectivity index (χ0v) is 15.0. The van der Waals surface area contributed by atoms with Gasteiger partial charge in [-0.1, -0.05) is 55.5 Å². The Morgan fingerprint density at radius 2 is 1.75 bits per heavy atom. The Morgan fingerprint density at radius 3 is 2.42 bits per heavy atom. The van der Waals surface area contributed by atoms with Crippen molar-refractivity contribution in [1.82, 2.24) is 4.90 Å². The minimum Gasteiger partial charge on any atom is -0.338 e. The van der Waals surface area contributed by atoms with Gasteiger partial charge in [0.2, 0.25) is 5.91 Å². The lowest BCUT2D eigenvalue weighted by Crippen LogP contribution is -2.45. The maximum Gasteiger partial charge on any atom is 0.240 e. The molecule has 0 saturated carbocycles. The highest BCUT2D eigenvalue weighted by atomic mass is 32.2. The summed E-state index contributed by atoms with van der Waals surface area (Å²) in [6, 6.07) is 20.8. The molecule has 0 radical (unpaired) electrons. The van der Waals surface area contributed by atoms with Crippen LogP contribution in [0.3, 0.4) is 0 Å². The van der Waals surface area contributed by atoms with E-state index in [2.05, 4.69) is 36.1 Å². The van der Waals surface area contributed by atoms with Crippen molar-refractivity contribution in [2.45, 2.75) is 48.8 Å². The molecule has 1 amide bonds. The molecule has 0 bridgehead atoms. The number of amides is 1. The summed E-state index contributed by atoms with van der Waals surface area (Å²) < 4.78 is 0. The van der Waals surface area contributed by atoms with E-state index in [1.807, 2.05) is 36.4 Å². The number of piperidine rings is 1. The molecule has 0 spiro atoms. The number of carbonyl (C=O) groups excluding carboxylic acids is 1. The lowest BCUT2D eigenvalue weighted by Gasteiger charge is -2.37. The topological polar surface area (TPSA) is 20.3 Å². The molecule has 2 atom stereocenters. The van der Waals surface area contributed by atoms with E-state index in [4.69, 9.17) is 0 Å². The van der Waals surface area contributed by atoms with Gasteiger partial charge in [-0.2, -0.15) is 0 Å². The van der Waals surface area contributed by atoms with Crippen LogP contribution in [-0.2, 0) is 4.79 Å². The number of carbonyl (C=O) groups is 1. The summed E-state index contributed by atoms with van der Waals surface area (Å²) in [6.45, 7) is 3.09. The maximum absolute atomic E-state index is 13.4. The Hall–Kier alpha value is -1.74. The fraction of sp³-hybridized carbons (Fsp3) is 0.381. The molecular formula is C21H25NOS. The van der Waals surface area contributed by atoms with Gasteiger partial charge in [0.1, 0.15) is 5.25 Å². The number of hydrogen-bond donors (Lipinski definition) is 0. The highest BCUT2D eigenvalue weighted by Gasteiger charge is 2.32. The van der Waals surface area contributed by atoms with Gasteiger partial charge in [-0.05, 0) is 43.4 Å². The molecule has 1 aliphatic heterocycles. The molecule has 1 saturated heterocycles. The molecular weight excluding hydrogens is 314 g/mol. The lowest BCUT2D eigenvalue weighted by atomic mass is 9.99.